The minimum Gasteiger partial charge on any atom is -0.507 e. The number of nitrogens with one attached hydrogen (secondary N) is 1. The quantitative estimate of drug-likeness (QED) is 0.397. The number of rotatable bonds is 6. The molecule has 3 aromatic rings. The summed E-state index contributed by atoms with van der Waals surface area (Å²) in [5, 5.41) is 14.7. The standard InChI is InChI=1S/C19H20N4O2S/c1-3-23-16-10-6-5-9-15(16)20-19(23)26-12-18(25)22-21-13(2)14-8-4-7-11-17(14)24/h4-11,24H,3,12H2,1-2H3,(H,22,25)/b21-13-. The van der Waals surface area contributed by atoms with Crippen molar-refractivity contribution in [1.82, 2.24) is 15.0 Å². The number of nitrogens with zero attached hydrogens (tertiary/aromatic N) is 3. The van der Waals surface area contributed by atoms with Gasteiger partial charge in [-0.1, -0.05) is 36.0 Å². The number of imidazole rings is 1. The molecule has 1 aromatic heterocycles. The summed E-state index contributed by atoms with van der Waals surface area (Å²) < 4.78 is 2.09. The third-order valence-electron chi connectivity index (χ3n) is 3.91. The summed E-state index contributed by atoms with van der Waals surface area (Å²) in [6.07, 6.45) is 0. The van der Waals surface area contributed by atoms with Crippen molar-refractivity contribution in [2.75, 3.05) is 5.75 Å². The zero-order valence-electron chi connectivity index (χ0n) is 14.6. The van der Waals surface area contributed by atoms with Gasteiger partial charge in [-0.3, -0.25) is 4.79 Å². The number of fused-ring (bicyclic) bond motifs is 1. The van der Waals surface area contributed by atoms with Gasteiger partial charge in [0.1, 0.15) is 5.75 Å². The predicted octanol–water partition coefficient (Wildman–Crippen LogP) is 3.39. The maximum absolute atomic E-state index is 12.1. The summed E-state index contributed by atoms with van der Waals surface area (Å²) in [5.41, 5.74) is 5.65. The third-order valence-corrected chi connectivity index (χ3v) is 4.89. The maximum Gasteiger partial charge on any atom is 0.250 e. The van der Waals surface area contributed by atoms with Gasteiger partial charge in [-0.2, -0.15) is 5.10 Å². The Balaban J connectivity index is 1.64. The van der Waals surface area contributed by atoms with Crippen LogP contribution in [0.3, 0.4) is 0 Å². The van der Waals surface area contributed by atoms with Crippen molar-refractivity contribution in [3.8, 4) is 5.75 Å². The number of hydrogen-bond acceptors (Lipinski definition) is 5. The van der Waals surface area contributed by atoms with Gasteiger partial charge >= 0.3 is 0 Å². The monoisotopic (exact) mass is 368 g/mol. The Kier molecular flexibility index (Phi) is 5.58. The van der Waals surface area contributed by atoms with Crippen LogP contribution < -0.4 is 5.43 Å². The van der Waals surface area contributed by atoms with Crippen LogP contribution >= 0.6 is 11.8 Å². The number of phenols is 1. The van der Waals surface area contributed by atoms with E-state index < -0.39 is 0 Å². The highest BCUT2D eigenvalue weighted by Crippen LogP contribution is 2.23. The molecule has 0 spiro atoms. The second-order valence-corrected chi connectivity index (χ2v) is 6.61. The van der Waals surface area contributed by atoms with Gasteiger partial charge in [0, 0.05) is 12.1 Å². The molecule has 1 amide bonds. The number of phenolic OH excluding ortho intramolecular Hbond substituents is 1. The first-order valence-corrected chi connectivity index (χ1v) is 9.28. The Bertz CT molecular complexity index is 965. The van der Waals surface area contributed by atoms with Gasteiger partial charge in [-0.25, -0.2) is 10.4 Å². The van der Waals surface area contributed by atoms with Crippen LogP contribution in [0.2, 0.25) is 0 Å². The van der Waals surface area contributed by atoms with Crippen molar-refractivity contribution < 1.29 is 9.90 Å². The minimum absolute atomic E-state index is 0.133. The predicted molar refractivity (Wildman–Crippen MR) is 105 cm³/mol. The summed E-state index contributed by atoms with van der Waals surface area (Å²) in [6, 6.07) is 14.8. The highest BCUT2D eigenvalue weighted by atomic mass is 32.2. The maximum atomic E-state index is 12.1. The average Bonchev–Trinajstić information content (AvgIpc) is 3.02. The number of benzene rings is 2. The van der Waals surface area contributed by atoms with Crippen LogP contribution in [0.4, 0.5) is 0 Å². The van der Waals surface area contributed by atoms with Crippen LogP contribution in [0.1, 0.15) is 19.4 Å². The number of hydrazone groups is 1. The van der Waals surface area contributed by atoms with Crippen LogP contribution in [0.15, 0.2) is 58.8 Å². The van der Waals surface area contributed by atoms with Crippen molar-refractivity contribution in [3.05, 3.63) is 54.1 Å². The van der Waals surface area contributed by atoms with Gasteiger partial charge in [0.25, 0.3) is 5.91 Å². The molecule has 0 unspecified atom stereocenters. The van der Waals surface area contributed by atoms with Crippen LogP contribution in [0.25, 0.3) is 11.0 Å². The third kappa shape index (κ3) is 3.88. The molecule has 26 heavy (non-hydrogen) atoms. The molecule has 0 radical (unpaired) electrons. The first-order chi connectivity index (χ1) is 12.6. The number of para-hydroxylation sites is 3. The molecule has 134 valence electrons. The molecule has 2 aromatic carbocycles. The molecule has 0 atom stereocenters. The summed E-state index contributed by atoms with van der Waals surface area (Å²) >= 11 is 1.38. The van der Waals surface area contributed by atoms with Gasteiger partial charge in [0.05, 0.1) is 22.5 Å². The highest BCUT2D eigenvalue weighted by Gasteiger charge is 2.12. The van der Waals surface area contributed by atoms with E-state index in [0.717, 1.165) is 22.7 Å². The molecule has 7 heteroatoms. The smallest absolute Gasteiger partial charge is 0.250 e. The molecule has 0 fully saturated rings. The molecule has 0 bridgehead atoms. The molecule has 1 heterocycles. The fourth-order valence-corrected chi connectivity index (χ4v) is 3.49. The Morgan fingerprint density at radius 3 is 2.73 bits per heavy atom. The van der Waals surface area contributed by atoms with E-state index in [2.05, 4.69) is 27.0 Å². The van der Waals surface area contributed by atoms with Crippen LogP contribution in [0.5, 0.6) is 5.75 Å². The van der Waals surface area contributed by atoms with Crippen molar-refractivity contribution in [2.45, 2.75) is 25.5 Å². The normalized spacial score (nSPS) is 11.7. The molecular formula is C19H20N4O2S. The number of aromatic nitrogens is 2. The molecule has 0 saturated heterocycles. The Labute approximate surface area is 155 Å². The fourth-order valence-electron chi connectivity index (χ4n) is 2.62. The van der Waals surface area contributed by atoms with Crippen LogP contribution in [-0.4, -0.2) is 32.0 Å². The average molecular weight is 368 g/mol. The largest absolute Gasteiger partial charge is 0.507 e. The number of hydrogen-bond donors (Lipinski definition) is 2. The lowest BCUT2D eigenvalue weighted by molar-refractivity contribution is -0.118. The summed E-state index contributed by atoms with van der Waals surface area (Å²) in [5.74, 6) is 0.120. The molecule has 2 N–H and O–H groups in total. The first kappa shape index (κ1) is 18.0. The molecule has 0 aliphatic carbocycles. The highest BCUT2D eigenvalue weighted by molar-refractivity contribution is 7.99. The summed E-state index contributed by atoms with van der Waals surface area (Å²) in [6.45, 7) is 4.58. The van der Waals surface area contributed by atoms with Crippen LogP contribution in [-0.2, 0) is 11.3 Å². The van der Waals surface area contributed by atoms with E-state index in [9.17, 15) is 9.90 Å². The molecule has 0 aliphatic rings. The fraction of sp³-hybridized carbons (Fsp3) is 0.211. The topological polar surface area (TPSA) is 79.5 Å². The summed E-state index contributed by atoms with van der Waals surface area (Å²) in [4.78, 5) is 16.7. The van der Waals surface area contributed by atoms with Gasteiger partial charge in [-0.15, -0.1) is 0 Å². The molecule has 0 saturated carbocycles. The number of aromatic hydroxyl groups is 1. The van der Waals surface area contributed by atoms with E-state index in [0.29, 0.717) is 11.3 Å². The van der Waals surface area contributed by atoms with Gasteiger partial charge in [0.2, 0.25) is 0 Å². The first-order valence-electron chi connectivity index (χ1n) is 8.29. The number of aryl methyl sites for hydroxylation is 1. The zero-order chi connectivity index (χ0) is 18.5. The van der Waals surface area contributed by atoms with E-state index in [-0.39, 0.29) is 17.4 Å². The SMILES string of the molecule is CCn1c(SCC(=O)N/N=C(/C)c2ccccc2O)nc2ccccc21. The van der Waals surface area contributed by atoms with Gasteiger partial charge in [0.15, 0.2) is 5.16 Å². The minimum atomic E-state index is -0.223. The number of carbonyl (C=O) groups is 1. The van der Waals surface area contributed by atoms with Gasteiger partial charge < -0.3 is 9.67 Å². The number of carbonyl (C=O) groups excluding carboxylic acids is 1. The summed E-state index contributed by atoms with van der Waals surface area (Å²) in [7, 11) is 0. The Morgan fingerprint density at radius 1 is 1.23 bits per heavy atom. The van der Waals surface area contributed by atoms with E-state index >= 15 is 0 Å². The van der Waals surface area contributed by atoms with E-state index in [1.807, 2.05) is 24.3 Å². The lowest BCUT2D eigenvalue weighted by atomic mass is 10.1. The van der Waals surface area contributed by atoms with Crippen molar-refractivity contribution in [1.29, 1.82) is 0 Å². The lowest BCUT2D eigenvalue weighted by Gasteiger charge is -2.06. The second-order valence-electron chi connectivity index (χ2n) is 5.67. The van der Waals surface area contributed by atoms with E-state index in [4.69, 9.17) is 0 Å². The molecule has 3 rings (SSSR count). The van der Waals surface area contributed by atoms with E-state index in [1.54, 1.807) is 31.2 Å². The van der Waals surface area contributed by atoms with Crippen LogP contribution in [0, 0.1) is 0 Å². The van der Waals surface area contributed by atoms with Crippen molar-refractivity contribution in [2.24, 2.45) is 5.10 Å². The Morgan fingerprint density at radius 2 is 1.96 bits per heavy atom. The second kappa shape index (κ2) is 8.05. The zero-order valence-corrected chi connectivity index (χ0v) is 15.5. The molecule has 0 aliphatic heterocycles. The molecular weight excluding hydrogens is 348 g/mol. The van der Waals surface area contributed by atoms with E-state index in [1.165, 1.54) is 11.8 Å². The number of thioether (sulfide) groups is 1. The number of amides is 1. The molecule has 6 nitrogen and oxygen atoms in total. The van der Waals surface area contributed by atoms with Crippen molar-refractivity contribution >= 4 is 34.4 Å². The lowest BCUT2D eigenvalue weighted by Crippen LogP contribution is -2.21. The Hall–Kier alpha value is -2.80. The van der Waals surface area contributed by atoms with Crippen molar-refractivity contribution in [3.63, 3.8) is 0 Å². The van der Waals surface area contributed by atoms with Gasteiger partial charge in [-0.05, 0) is 38.1 Å².